The van der Waals surface area contributed by atoms with Gasteiger partial charge in [0, 0.05) is 41.6 Å². The molecule has 0 unspecified atom stereocenters. The Labute approximate surface area is 173 Å². The maximum Gasteiger partial charge on any atom is 0.144 e. The lowest BCUT2D eigenvalue weighted by Gasteiger charge is -2.22. The van der Waals surface area contributed by atoms with E-state index in [0.29, 0.717) is 5.56 Å². The fourth-order valence-electron chi connectivity index (χ4n) is 3.92. The number of aromatic nitrogens is 1. The zero-order valence-electron chi connectivity index (χ0n) is 19.4. The van der Waals surface area contributed by atoms with Gasteiger partial charge in [-0.1, -0.05) is 32.9 Å². The Morgan fingerprint density at radius 3 is 2.61 bits per heavy atom. The molecule has 0 fully saturated rings. The van der Waals surface area contributed by atoms with Gasteiger partial charge in [-0.3, -0.25) is 4.98 Å². The first kappa shape index (κ1) is 14.4. The van der Waals surface area contributed by atoms with Gasteiger partial charge in [-0.2, -0.15) is 0 Å². The summed E-state index contributed by atoms with van der Waals surface area (Å²) in [4.78, 5) is 5.81. The molecule has 5 rings (SSSR count). The number of benzene rings is 2. The van der Waals surface area contributed by atoms with Crippen molar-refractivity contribution < 1.29 is 8.53 Å². The number of hydrogen-bond acceptors (Lipinski definition) is 3. The average molecular weight is 389 g/mol. The van der Waals surface area contributed by atoms with E-state index < -0.39 is 6.85 Å². The molecule has 0 aliphatic rings. The number of furan rings is 1. The molecule has 0 saturated carbocycles. The topological polar surface area (TPSA) is 26.0 Å². The van der Waals surface area contributed by atoms with Crippen molar-refractivity contribution in [3.63, 3.8) is 0 Å². The number of rotatable bonds is 1. The van der Waals surface area contributed by atoms with Crippen molar-refractivity contribution in [2.24, 2.45) is 0 Å². The summed E-state index contributed by atoms with van der Waals surface area (Å²) in [5.41, 5.74) is 4.01. The monoisotopic (exact) mass is 388 g/mol. The van der Waals surface area contributed by atoms with Crippen molar-refractivity contribution in [2.45, 2.75) is 40.0 Å². The Balaban J connectivity index is 1.80. The van der Waals surface area contributed by atoms with Crippen LogP contribution in [-0.2, 0) is 5.41 Å². The zero-order chi connectivity index (χ0) is 22.1. The molecule has 0 saturated heterocycles. The molecular formula is C25H23NOS. The molecule has 0 N–H and O–H groups in total. The van der Waals surface area contributed by atoms with Crippen molar-refractivity contribution in [2.75, 3.05) is 0 Å². The van der Waals surface area contributed by atoms with Crippen molar-refractivity contribution in [3.8, 4) is 11.3 Å². The zero-order valence-corrected chi connectivity index (χ0v) is 17.2. The highest BCUT2D eigenvalue weighted by Crippen LogP contribution is 2.40. The highest BCUT2D eigenvalue weighted by molar-refractivity contribution is 7.19. The lowest BCUT2D eigenvalue weighted by molar-refractivity contribution is 0.585. The third kappa shape index (κ3) is 2.57. The van der Waals surface area contributed by atoms with Crippen LogP contribution < -0.4 is 0 Å². The molecule has 3 heteroatoms. The van der Waals surface area contributed by atoms with Crippen LogP contribution in [-0.4, -0.2) is 4.98 Å². The van der Waals surface area contributed by atoms with Gasteiger partial charge in [0.25, 0.3) is 0 Å². The van der Waals surface area contributed by atoms with E-state index in [1.165, 1.54) is 15.8 Å². The third-order valence-corrected chi connectivity index (χ3v) is 6.29. The summed E-state index contributed by atoms with van der Waals surface area (Å²) >= 11 is 1.76. The summed E-state index contributed by atoms with van der Waals surface area (Å²) in [5, 5.41) is 3.25. The maximum absolute atomic E-state index is 7.93. The van der Waals surface area contributed by atoms with Crippen LogP contribution in [0.5, 0.6) is 0 Å². The number of aryl methyl sites for hydroxylation is 2. The molecule has 0 amide bonds. The lowest BCUT2D eigenvalue weighted by atomic mass is 9.84. The fraction of sp³-hybridized carbons (Fsp3) is 0.240. The minimum Gasteiger partial charge on any atom is -0.455 e. The van der Waals surface area contributed by atoms with Crippen LogP contribution in [0.2, 0.25) is 0 Å². The third-order valence-electron chi connectivity index (χ3n) is 5.27. The molecular weight excluding hydrogens is 362 g/mol. The second kappa shape index (κ2) is 5.92. The maximum atomic E-state index is 7.93. The van der Waals surface area contributed by atoms with E-state index in [4.69, 9.17) is 8.53 Å². The number of pyridine rings is 1. The first-order valence-electron chi connectivity index (χ1n) is 10.9. The second-order valence-electron chi connectivity index (χ2n) is 8.36. The fourth-order valence-corrected chi connectivity index (χ4v) is 4.84. The molecule has 0 spiro atoms. The Morgan fingerprint density at radius 1 is 1.00 bits per heavy atom. The molecule has 140 valence electrons. The number of para-hydroxylation sites is 1. The molecule has 0 bridgehead atoms. The van der Waals surface area contributed by atoms with E-state index in [1.807, 2.05) is 39.0 Å². The molecule has 28 heavy (non-hydrogen) atoms. The van der Waals surface area contributed by atoms with Gasteiger partial charge in [-0.05, 0) is 60.6 Å². The van der Waals surface area contributed by atoms with E-state index in [9.17, 15) is 0 Å². The highest BCUT2D eigenvalue weighted by Gasteiger charge is 2.20. The highest BCUT2D eigenvalue weighted by atomic mass is 32.1. The van der Waals surface area contributed by atoms with Crippen molar-refractivity contribution in [1.29, 1.82) is 0 Å². The van der Waals surface area contributed by atoms with Crippen molar-refractivity contribution in [3.05, 3.63) is 64.7 Å². The molecule has 3 heterocycles. The summed E-state index contributed by atoms with van der Waals surface area (Å²) in [6.45, 7) is 5.98. The van der Waals surface area contributed by atoms with Crippen molar-refractivity contribution in [1.82, 2.24) is 4.98 Å². The summed E-state index contributed by atoms with van der Waals surface area (Å²) in [6.07, 6.45) is 1.50. The SMILES string of the molecule is [2H]C([2H])([2H])c1cnc(-c2cccc3c2oc2c4cc(C)sc4ccc32)cc1C(C)(C)C. The van der Waals surface area contributed by atoms with E-state index in [2.05, 4.69) is 36.2 Å². The minimum atomic E-state index is -2.21. The minimum absolute atomic E-state index is 0.302. The molecule has 0 aliphatic heterocycles. The van der Waals surface area contributed by atoms with Crippen LogP contribution in [0.4, 0.5) is 0 Å². The molecule has 0 atom stereocenters. The summed E-state index contributed by atoms with van der Waals surface area (Å²) in [5.74, 6) is 0. The van der Waals surface area contributed by atoms with Crippen LogP contribution in [0.3, 0.4) is 0 Å². The predicted octanol–water partition coefficient (Wildman–Crippen LogP) is 7.78. The predicted molar refractivity (Wildman–Crippen MR) is 121 cm³/mol. The van der Waals surface area contributed by atoms with E-state index in [-0.39, 0.29) is 5.41 Å². The smallest absolute Gasteiger partial charge is 0.144 e. The number of thiophene rings is 1. The van der Waals surface area contributed by atoms with Gasteiger partial charge in [0.05, 0.1) is 5.69 Å². The Hall–Kier alpha value is -2.65. The number of nitrogens with zero attached hydrogens (tertiary/aromatic N) is 1. The first-order chi connectivity index (χ1) is 14.5. The summed E-state index contributed by atoms with van der Waals surface area (Å²) in [6, 6.07) is 14.4. The van der Waals surface area contributed by atoms with Gasteiger partial charge in [-0.15, -0.1) is 11.3 Å². The molecule has 2 aromatic carbocycles. The van der Waals surface area contributed by atoms with Gasteiger partial charge in [0.15, 0.2) is 0 Å². The largest absolute Gasteiger partial charge is 0.455 e. The van der Waals surface area contributed by atoms with E-state index >= 15 is 0 Å². The summed E-state index contributed by atoms with van der Waals surface area (Å²) < 4.78 is 31.4. The quantitative estimate of drug-likeness (QED) is 0.293. The molecule has 0 radical (unpaired) electrons. The van der Waals surface area contributed by atoms with Gasteiger partial charge in [-0.25, -0.2) is 0 Å². The van der Waals surface area contributed by atoms with E-state index in [1.54, 1.807) is 11.3 Å². The van der Waals surface area contributed by atoms with Crippen LogP contribution in [0.15, 0.2) is 53.1 Å². The Kier molecular flexibility index (Phi) is 3.04. The number of hydrogen-bond donors (Lipinski definition) is 0. The van der Waals surface area contributed by atoms with Crippen LogP contribution in [0.1, 0.15) is 40.9 Å². The Bertz CT molecular complexity index is 1470. The standard InChI is InChI=1S/C25H23NOS/c1-14-13-26-21(12-20(14)25(3,4)5)18-8-6-7-16-17-9-10-22-19(11-15(2)28-22)24(17)27-23(16)18/h6-13H,1-5H3/i1D3. The van der Waals surface area contributed by atoms with Crippen molar-refractivity contribution >= 4 is 43.4 Å². The van der Waals surface area contributed by atoms with E-state index in [0.717, 1.165) is 44.1 Å². The van der Waals surface area contributed by atoms with Crippen LogP contribution >= 0.6 is 11.3 Å². The van der Waals surface area contributed by atoms with Gasteiger partial charge in [0.1, 0.15) is 11.2 Å². The van der Waals surface area contributed by atoms with Gasteiger partial charge in [0.2, 0.25) is 0 Å². The molecule has 0 aliphatic carbocycles. The molecule has 2 nitrogen and oxygen atoms in total. The van der Waals surface area contributed by atoms with Gasteiger partial charge < -0.3 is 4.42 Å². The van der Waals surface area contributed by atoms with Crippen LogP contribution in [0, 0.1) is 13.8 Å². The molecule has 3 aromatic heterocycles. The normalized spacial score (nSPS) is 14.5. The van der Waals surface area contributed by atoms with Gasteiger partial charge >= 0.3 is 0 Å². The second-order valence-corrected chi connectivity index (χ2v) is 9.65. The number of fused-ring (bicyclic) bond motifs is 5. The van der Waals surface area contributed by atoms with Crippen LogP contribution in [0.25, 0.3) is 43.3 Å². The molecule has 5 aromatic rings. The average Bonchev–Trinajstić information content (AvgIpc) is 3.25. The Morgan fingerprint density at radius 2 is 1.82 bits per heavy atom. The first-order valence-corrected chi connectivity index (χ1v) is 10.2. The lowest BCUT2D eigenvalue weighted by Crippen LogP contribution is -2.13. The summed E-state index contributed by atoms with van der Waals surface area (Å²) in [7, 11) is 0.